The fourth-order valence-electron chi connectivity index (χ4n) is 2.15. The van der Waals surface area contributed by atoms with Crippen molar-refractivity contribution in [3.8, 4) is 0 Å². The van der Waals surface area contributed by atoms with Crippen molar-refractivity contribution in [1.29, 1.82) is 0 Å². The molecule has 1 N–H and O–H groups in total. The average molecular weight is 302 g/mol. The monoisotopic (exact) mass is 302 g/mol. The minimum absolute atomic E-state index is 0.247. The van der Waals surface area contributed by atoms with Crippen molar-refractivity contribution in [2.45, 2.75) is 0 Å². The van der Waals surface area contributed by atoms with Crippen LogP contribution in [-0.2, 0) is 4.74 Å². The summed E-state index contributed by atoms with van der Waals surface area (Å²) in [4.78, 5) is 22.5. The molecular formula is C15H15FN4O2. The topological polar surface area (TPSA) is 67.4 Å². The molecule has 0 aliphatic carbocycles. The molecule has 114 valence electrons. The summed E-state index contributed by atoms with van der Waals surface area (Å²) < 4.78 is 18.4. The van der Waals surface area contributed by atoms with Crippen molar-refractivity contribution in [3.63, 3.8) is 0 Å². The second-order valence-corrected chi connectivity index (χ2v) is 4.84. The van der Waals surface area contributed by atoms with E-state index < -0.39 is 11.7 Å². The molecule has 6 nitrogen and oxygen atoms in total. The van der Waals surface area contributed by atoms with Crippen LogP contribution < -0.4 is 10.2 Å². The predicted octanol–water partition coefficient (Wildman–Crippen LogP) is 1.70. The molecule has 0 atom stereocenters. The standard InChI is InChI=1S/C15H15FN4O2/c16-12-3-1-2-11(8-12)14(21)19-13-9-17-15(18-10-13)20-4-6-22-7-5-20/h1-3,8-10H,4-7H2,(H,19,21). The highest BCUT2D eigenvalue weighted by atomic mass is 19.1. The van der Waals surface area contributed by atoms with E-state index in [4.69, 9.17) is 4.74 Å². The fraction of sp³-hybridized carbons (Fsp3) is 0.267. The lowest BCUT2D eigenvalue weighted by Gasteiger charge is -2.26. The van der Waals surface area contributed by atoms with E-state index in [1.165, 1.54) is 30.6 Å². The smallest absolute Gasteiger partial charge is 0.255 e. The van der Waals surface area contributed by atoms with E-state index in [2.05, 4.69) is 15.3 Å². The Labute approximate surface area is 126 Å². The van der Waals surface area contributed by atoms with Crippen LogP contribution in [0.5, 0.6) is 0 Å². The highest BCUT2D eigenvalue weighted by molar-refractivity contribution is 6.04. The van der Waals surface area contributed by atoms with Crippen LogP contribution in [0.25, 0.3) is 0 Å². The molecule has 1 aliphatic rings. The number of hydrogen-bond acceptors (Lipinski definition) is 5. The van der Waals surface area contributed by atoms with Crippen molar-refractivity contribution in [2.75, 3.05) is 36.5 Å². The lowest BCUT2D eigenvalue weighted by atomic mass is 10.2. The second kappa shape index (κ2) is 6.48. The van der Waals surface area contributed by atoms with E-state index in [0.717, 1.165) is 13.1 Å². The van der Waals surface area contributed by atoms with Crippen LogP contribution in [0.3, 0.4) is 0 Å². The maximum Gasteiger partial charge on any atom is 0.255 e. The van der Waals surface area contributed by atoms with Crippen LogP contribution >= 0.6 is 0 Å². The molecule has 1 aliphatic heterocycles. The Hall–Kier alpha value is -2.54. The quantitative estimate of drug-likeness (QED) is 0.935. The molecule has 2 aromatic rings. The highest BCUT2D eigenvalue weighted by Gasteiger charge is 2.14. The SMILES string of the molecule is O=C(Nc1cnc(N2CCOCC2)nc1)c1cccc(F)c1. The Bertz CT molecular complexity index is 657. The molecule has 0 bridgehead atoms. The number of amides is 1. The van der Waals surface area contributed by atoms with Gasteiger partial charge in [0.15, 0.2) is 0 Å². The molecule has 0 saturated carbocycles. The van der Waals surface area contributed by atoms with Crippen LogP contribution in [0.4, 0.5) is 16.0 Å². The van der Waals surface area contributed by atoms with E-state index in [0.29, 0.717) is 24.8 Å². The molecular weight excluding hydrogens is 287 g/mol. The molecule has 0 unspecified atom stereocenters. The Morgan fingerprint density at radius 3 is 2.64 bits per heavy atom. The zero-order valence-corrected chi connectivity index (χ0v) is 11.8. The van der Waals surface area contributed by atoms with Crippen LogP contribution in [0.15, 0.2) is 36.7 Å². The first-order chi connectivity index (χ1) is 10.7. The van der Waals surface area contributed by atoms with E-state index in [1.54, 1.807) is 6.07 Å². The molecule has 7 heteroatoms. The van der Waals surface area contributed by atoms with Crippen LogP contribution in [-0.4, -0.2) is 42.2 Å². The van der Waals surface area contributed by atoms with E-state index in [-0.39, 0.29) is 5.56 Å². The number of hydrogen-bond donors (Lipinski definition) is 1. The number of aromatic nitrogens is 2. The maximum atomic E-state index is 13.1. The lowest BCUT2D eigenvalue weighted by Crippen LogP contribution is -2.37. The third-order valence-corrected chi connectivity index (χ3v) is 3.28. The van der Waals surface area contributed by atoms with Gasteiger partial charge in [-0.25, -0.2) is 14.4 Å². The second-order valence-electron chi connectivity index (χ2n) is 4.84. The summed E-state index contributed by atoms with van der Waals surface area (Å²) in [5.74, 6) is -0.249. The van der Waals surface area contributed by atoms with Crippen molar-refractivity contribution in [1.82, 2.24) is 9.97 Å². The number of carbonyl (C=O) groups is 1. The molecule has 0 spiro atoms. The summed E-state index contributed by atoms with van der Waals surface area (Å²) in [6.45, 7) is 2.80. The van der Waals surface area contributed by atoms with Gasteiger partial charge in [-0.1, -0.05) is 6.07 Å². The number of carbonyl (C=O) groups excluding carboxylic acids is 1. The zero-order chi connectivity index (χ0) is 15.4. The minimum Gasteiger partial charge on any atom is -0.378 e. The molecule has 1 aromatic carbocycles. The Balaban J connectivity index is 1.66. The highest BCUT2D eigenvalue weighted by Crippen LogP contribution is 2.13. The number of nitrogens with one attached hydrogen (secondary N) is 1. The van der Waals surface area contributed by atoms with Gasteiger partial charge in [-0.3, -0.25) is 4.79 Å². The number of nitrogens with zero attached hydrogens (tertiary/aromatic N) is 3. The maximum absolute atomic E-state index is 13.1. The van der Waals surface area contributed by atoms with E-state index in [9.17, 15) is 9.18 Å². The molecule has 3 rings (SSSR count). The number of rotatable bonds is 3. The molecule has 22 heavy (non-hydrogen) atoms. The zero-order valence-electron chi connectivity index (χ0n) is 11.8. The minimum atomic E-state index is -0.452. The van der Waals surface area contributed by atoms with Gasteiger partial charge in [0.05, 0.1) is 31.3 Å². The van der Waals surface area contributed by atoms with Gasteiger partial charge in [-0.2, -0.15) is 0 Å². The van der Waals surface area contributed by atoms with Crippen LogP contribution in [0, 0.1) is 5.82 Å². The molecule has 1 fully saturated rings. The third kappa shape index (κ3) is 3.37. The number of ether oxygens (including phenoxy) is 1. The fourth-order valence-corrected chi connectivity index (χ4v) is 2.15. The molecule has 2 heterocycles. The number of morpholine rings is 1. The Morgan fingerprint density at radius 1 is 1.23 bits per heavy atom. The number of benzene rings is 1. The largest absolute Gasteiger partial charge is 0.378 e. The van der Waals surface area contributed by atoms with Gasteiger partial charge in [0, 0.05) is 18.7 Å². The molecule has 1 aromatic heterocycles. The summed E-state index contributed by atoms with van der Waals surface area (Å²) in [6.07, 6.45) is 3.07. The normalized spacial score (nSPS) is 14.7. The molecule has 1 saturated heterocycles. The van der Waals surface area contributed by atoms with Crippen molar-refractivity contribution >= 4 is 17.5 Å². The van der Waals surface area contributed by atoms with Gasteiger partial charge in [-0.05, 0) is 18.2 Å². The van der Waals surface area contributed by atoms with Gasteiger partial charge in [0.25, 0.3) is 5.91 Å². The van der Waals surface area contributed by atoms with E-state index in [1.807, 2.05) is 4.90 Å². The summed E-state index contributed by atoms with van der Waals surface area (Å²) in [7, 11) is 0. The van der Waals surface area contributed by atoms with Gasteiger partial charge in [0.1, 0.15) is 5.82 Å². The van der Waals surface area contributed by atoms with Crippen molar-refractivity contribution in [2.24, 2.45) is 0 Å². The number of halogens is 1. The summed E-state index contributed by atoms with van der Waals surface area (Å²) in [5, 5.41) is 2.64. The first kappa shape index (κ1) is 14.4. The van der Waals surface area contributed by atoms with Crippen LogP contribution in [0.2, 0.25) is 0 Å². The average Bonchev–Trinajstić information content (AvgIpc) is 2.56. The predicted molar refractivity (Wildman–Crippen MR) is 79.4 cm³/mol. The van der Waals surface area contributed by atoms with E-state index >= 15 is 0 Å². The summed E-state index contributed by atoms with van der Waals surface area (Å²) in [5.41, 5.74) is 0.712. The summed E-state index contributed by atoms with van der Waals surface area (Å²) in [6, 6.07) is 5.50. The third-order valence-electron chi connectivity index (χ3n) is 3.28. The Morgan fingerprint density at radius 2 is 1.95 bits per heavy atom. The molecule has 0 radical (unpaired) electrons. The first-order valence-electron chi connectivity index (χ1n) is 6.94. The van der Waals surface area contributed by atoms with Crippen LogP contribution in [0.1, 0.15) is 10.4 Å². The van der Waals surface area contributed by atoms with Gasteiger partial charge in [-0.15, -0.1) is 0 Å². The lowest BCUT2D eigenvalue weighted by molar-refractivity contribution is 0.102. The van der Waals surface area contributed by atoms with Gasteiger partial charge < -0.3 is 15.0 Å². The van der Waals surface area contributed by atoms with Gasteiger partial charge >= 0.3 is 0 Å². The number of anilines is 2. The molecule has 1 amide bonds. The van der Waals surface area contributed by atoms with Gasteiger partial charge in [0.2, 0.25) is 5.95 Å². The van der Waals surface area contributed by atoms with Crippen molar-refractivity contribution < 1.29 is 13.9 Å². The first-order valence-corrected chi connectivity index (χ1v) is 6.94. The summed E-state index contributed by atoms with van der Waals surface area (Å²) >= 11 is 0. The Kier molecular flexibility index (Phi) is 4.24. The van der Waals surface area contributed by atoms with Crippen molar-refractivity contribution in [3.05, 3.63) is 48.0 Å².